The van der Waals surface area contributed by atoms with Gasteiger partial charge in [0.2, 0.25) is 0 Å². The van der Waals surface area contributed by atoms with Crippen LogP contribution in [0.5, 0.6) is 0 Å². The molecule has 2 aliphatic rings. The second-order valence-corrected chi connectivity index (χ2v) is 6.23. The van der Waals surface area contributed by atoms with E-state index in [0.29, 0.717) is 12.6 Å². The molecule has 19 heavy (non-hydrogen) atoms. The van der Waals surface area contributed by atoms with Crippen LogP contribution in [0, 0.1) is 19.3 Å². The molecule has 3 N–H and O–H groups in total. The molecule has 2 fully saturated rings. The fourth-order valence-corrected chi connectivity index (χ4v) is 3.89. The summed E-state index contributed by atoms with van der Waals surface area (Å²) in [6, 6.07) is 6.22. The van der Waals surface area contributed by atoms with E-state index in [4.69, 9.17) is 10.5 Å². The number of aryl methyl sites for hydroxylation is 2. The van der Waals surface area contributed by atoms with Crippen LogP contribution in [0.25, 0.3) is 0 Å². The molecule has 4 atom stereocenters. The molecule has 3 rings (SSSR count). The normalized spacial score (nSPS) is 34.7. The minimum absolute atomic E-state index is 0.123. The fourth-order valence-electron chi connectivity index (χ4n) is 3.89. The molecule has 0 aromatic heterocycles. The number of aliphatic hydroxyl groups excluding tert-OH is 1. The number of nitrogens with two attached hydrogens (primary N) is 1. The summed E-state index contributed by atoms with van der Waals surface area (Å²) in [5.41, 5.74) is 9.11. The number of rotatable bonds is 3. The zero-order valence-corrected chi connectivity index (χ0v) is 11.7. The standard InChI is InChI=1S/C16H23NO2/c1-10-3-5-13(11(2)7-10)15(18)16(9-17)8-12-4-6-14(16)19-12/h3,5,7,12,14-15,18H,4,6,8-9,17H2,1-2H3. The Kier molecular flexibility index (Phi) is 3.16. The summed E-state index contributed by atoms with van der Waals surface area (Å²) in [6.07, 6.45) is 2.94. The summed E-state index contributed by atoms with van der Waals surface area (Å²) in [4.78, 5) is 0. The first kappa shape index (κ1) is 13.1. The summed E-state index contributed by atoms with van der Waals surface area (Å²) in [7, 11) is 0. The van der Waals surface area contributed by atoms with Gasteiger partial charge in [-0.1, -0.05) is 23.8 Å². The third-order valence-electron chi connectivity index (χ3n) is 5.00. The van der Waals surface area contributed by atoms with Gasteiger partial charge in [0.25, 0.3) is 0 Å². The second kappa shape index (κ2) is 4.58. The Hall–Kier alpha value is -0.900. The van der Waals surface area contributed by atoms with Crippen molar-refractivity contribution in [1.82, 2.24) is 0 Å². The molecule has 0 saturated carbocycles. The molecule has 0 aliphatic carbocycles. The number of fused-ring (bicyclic) bond motifs is 2. The van der Waals surface area contributed by atoms with Crippen molar-refractivity contribution < 1.29 is 9.84 Å². The predicted molar refractivity (Wildman–Crippen MR) is 74.9 cm³/mol. The Balaban J connectivity index is 1.96. The molecule has 0 spiro atoms. The number of ether oxygens (including phenoxy) is 1. The molecule has 2 heterocycles. The van der Waals surface area contributed by atoms with Crippen molar-refractivity contribution in [1.29, 1.82) is 0 Å². The van der Waals surface area contributed by atoms with Crippen molar-refractivity contribution >= 4 is 0 Å². The van der Waals surface area contributed by atoms with E-state index < -0.39 is 6.10 Å². The molecule has 4 unspecified atom stereocenters. The van der Waals surface area contributed by atoms with Crippen LogP contribution in [0.15, 0.2) is 18.2 Å². The molecular weight excluding hydrogens is 238 g/mol. The fraction of sp³-hybridized carbons (Fsp3) is 0.625. The van der Waals surface area contributed by atoms with Crippen LogP contribution in [-0.2, 0) is 4.74 Å². The highest BCUT2D eigenvalue weighted by Crippen LogP contribution is 2.53. The minimum atomic E-state index is -0.520. The van der Waals surface area contributed by atoms with Crippen LogP contribution in [0.3, 0.4) is 0 Å². The maximum Gasteiger partial charge on any atom is 0.0886 e. The van der Waals surface area contributed by atoms with Crippen molar-refractivity contribution in [3.8, 4) is 0 Å². The monoisotopic (exact) mass is 261 g/mol. The third-order valence-corrected chi connectivity index (χ3v) is 5.00. The lowest BCUT2D eigenvalue weighted by Gasteiger charge is -2.39. The van der Waals surface area contributed by atoms with Crippen LogP contribution in [0.2, 0.25) is 0 Å². The summed E-state index contributed by atoms with van der Waals surface area (Å²) in [6.45, 7) is 4.62. The molecular formula is C16H23NO2. The molecule has 2 aliphatic heterocycles. The van der Waals surface area contributed by atoms with Gasteiger partial charge >= 0.3 is 0 Å². The van der Waals surface area contributed by atoms with Crippen molar-refractivity contribution in [2.75, 3.05) is 6.54 Å². The minimum Gasteiger partial charge on any atom is -0.388 e. The first-order valence-electron chi connectivity index (χ1n) is 7.17. The first-order valence-corrected chi connectivity index (χ1v) is 7.17. The highest BCUT2D eigenvalue weighted by Gasteiger charge is 2.55. The predicted octanol–water partition coefficient (Wildman–Crippen LogP) is 2.23. The van der Waals surface area contributed by atoms with Gasteiger partial charge in [0, 0.05) is 12.0 Å². The van der Waals surface area contributed by atoms with Gasteiger partial charge in [0.1, 0.15) is 0 Å². The Morgan fingerprint density at radius 2 is 2.21 bits per heavy atom. The maximum atomic E-state index is 10.9. The van der Waals surface area contributed by atoms with Gasteiger partial charge in [-0.05, 0) is 44.2 Å². The van der Waals surface area contributed by atoms with Gasteiger partial charge in [-0.3, -0.25) is 0 Å². The maximum absolute atomic E-state index is 10.9. The topological polar surface area (TPSA) is 55.5 Å². The highest BCUT2D eigenvalue weighted by atomic mass is 16.5. The SMILES string of the molecule is Cc1ccc(C(O)C2(CN)CC3CCC2O3)c(C)c1. The molecule has 3 nitrogen and oxygen atoms in total. The molecule has 0 radical (unpaired) electrons. The van der Waals surface area contributed by atoms with Gasteiger partial charge in [0.05, 0.1) is 18.3 Å². The number of hydrogen-bond acceptors (Lipinski definition) is 3. The van der Waals surface area contributed by atoms with Crippen molar-refractivity contribution in [2.24, 2.45) is 11.1 Å². The Morgan fingerprint density at radius 1 is 1.42 bits per heavy atom. The van der Waals surface area contributed by atoms with Crippen molar-refractivity contribution in [3.63, 3.8) is 0 Å². The summed E-state index contributed by atoms with van der Waals surface area (Å²) >= 11 is 0. The van der Waals surface area contributed by atoms with Gasteiger partial charge in [-0.15, -0.1) is 0 Å². The molecule has 1 aromatic rings. The average Bonchev–Trinajstić information content (AvgIpc) is 2.98. The molecule has 3 heteroatoms. The number of benzene rings is 1. The van der Waals surface area contributed by atoms with E-state index in [1.54, 1.807) is 0 Å². The number of aliphatic hydroxyl groups is 1. The van der Waals surface area contributed by atoms with E-state index in [9.17, 15) is 5.11 Å². The van der Waals surface area contributed by atoms with Crippen LogP contribution in [0.4, 0.5) is 0 Å². The van der Waals surface area contributed by atoms with Crippen LogP contribution >= 0.6 is 0 Å². The average molecular weight is 261 g/mol. The van der Waals surface area contributed by atoms with E-state index in [-0.39, 0.29) is 11.5 Å². The first-order chi connectivity index (χ1) is 9.06. The summed E-state index contributed by atoms with van der Waals surface area (Å²) in [5.74, 6) is 0. The second-order valence-electron chi connectivity index (χ2n) is 6.23. The van der Waals surface area contributed by atoms with Gasteiger partial charge in [-0.2, -0.15) is 0 Å². The molecule has 104 valence electrons. The van der Waals surface area contributed by atoms with Crippen LogP contribution in [-0.4, -0.2) is 23.9 Å². The molecule has 1 aromatic carbocycles. The van der Waals surface area contributed by atoms with Gasteiger partial charge in [0.15, 0.2) is 0 Å². The zero-order chi connectivity index (χ0) is 13.6. The van der Waals surface area contributed by atoms with E-state index in [1.165, 1.54) is 5.56 Å². The zero-order valence-electron chi connectivity index (χ0n) is 11.7. The lowest BCUT2D eigenvalue weighted by atomic mass is 9.68. The largest absolute Gasteiger partial charge is 0.388 e. The third kappa shape index (κ3) is 1.92. The number of hydrogen-bond donors (Lipinski definition) is 2. The van der Waals surface area contributed by atoms with E-state index in [1.807, 2.05) is 6.07 Å². The highest BCUT2D eigenvalue weighted by molar-refractivity contribution is 5.34. The van der Waals surface area contributed by atoms with Gasteiger partial charge < -0.3 is 15.6 Å². The summed E-state index contributed by atoms with van der Waals surface area (Å²) in [5, 5.41) is 10.9. The Labute approximate surface area is 114 Å². The Morgan fingerprint density at radius 3 is 2.74 bits per heavy atom. The van der Waals surface area contributed by atoms with Crippen LogP contribution < -0.4 is 5.73 Å². The van der Waals surface area contributed by atoms with Crippen LogP contribution in [0.1, 0.15) is 42.1 Å². The quantitative estimate of drug-likeness (QED) is 0.877. The van der Waals surface area contributed by atoms with Gasteiger partial charge in [-0.25, -0.2) is 0 Å². The van der Waals surface area contributed by atoms with Crippen molar-refractivity contribution in [2.45, 2.75) is 51.4 Å². The van der Waals surface area contributed by atoms with Crippen molar-refractivity contribution in [3.05, 3.63) is 34.9 Å². The molecule has 2 saturated heterocycles. The smallest absolute Gasteiger partial charge is 0.0886 e. The lowest BCUT2D eigenvalue weighted by Crippen LogP contribution is -2.44. The van der Waals surface area contributed by atoms with E-state index in [0.717, 1.165) is 30.4 Å². The molecule has 2 bridgehead atoms. The van der Waals surface area contributed by atoms with E-state index in [2.05, 4.69) is 26.0 Å². The Bertz CT molecular complexity index is 488. The summed E-state index contributed by atoms with van der Waals surface area (Å²) < 4.78 is 5.95. The van der Waals surface area contributed by atoms with E-state index >= 15 is 0 Å². The molecule has 0 amide bonds. The lowest BCUT2D eigenvalue weighted by molar-refractivity contribution is -0.0266.